The molecule has 5 nitrogen and oxygen atoms in total. The molecule has 0 aromatic carbocycles. The molecule has 16 heavy (non-hydrogen) atoms. The van der Waals surface area contributed by atoms with Crippen molar-refractivity contribution in [2.45, 2.75) is 13.0 Å². The van der Waals surface area contributed by atoms with Crippen molar-refractivity contribution in [2.75, 3.05) is 19.6 Å². The van der Waals surface area contributed by atoms with E-state index in [1.165, 1.54) is 5.71 Å². The first-order valence-corrected chi connectivity index (χ1v) is 5.55. The molecule has 86 valence electrons. The van der Waals surface area contributed by atoms with Gasteiger partial charge in [-0.05, 0) is 0 Å². The smallest absolute Gasteiger partial charge is 0.120 e. The van der Waals surface area contributed by atoms with E-state index in [1.807, 2.05) is 12.4 Å². The molecule has 1 aromatic heterocycles. The van der Waals surface area contributed by atoms with Gasteiger partial charge in [0.2, 0.25) is 0 Å². The summed E-state index contributed by atoms with van der Waals surface area (Å²) in [5.74, 6) is 0.976. The number of allylic oxidation sites excluding steroid dienone is 1. The monoisotopic (exact) mass is 219 g/mol. The zero-order chi connectivity index (χ0) is 11.1. The lowest BCUT2D eigenvalue weighted by Gasteiger charge is -2.05. The van der Waals surface area contributed by atoms with Gasteiger partial charge in [-0.15, -0.1) is 0 Å². The van der Waals surface area contributed by atoms with Crippen LogP contribution in [-0.2, 0) is 6.54 Å². The third-order valence-electron chi connectivity index (χ3n) is 2.37. The van der Waals surface area contributed by atoms with Crippen LogP contribution in [0.1, 0.15) is 12.2 Å². The normalized spacial score (nSPS) is 14.4. The number of hydrogen-bond acceptors (Lipinski definition) is 4. The van der Waals surface area contributed by atoms with E-state index in [2.05, 4.69) is 31.7 Å². The van der Waals surface area contributed by atoms with E-state index in [-0.39, 0.29) is 0 Å². The maximum Gasteiger partial charge on any atom is 0.120 e. The van der Waals surface area contributed by atoms with Crippen LogP contribution < -0.4 is 10.6 Å². The van der Waals surface area contributed by atoms with Crippen LogP contribution in [0, 0.1) is 0 Å². The number of aliphatic imine (C=N–C) groups is 1. The van der Waals surface area contributed by atoms with Crippen molar-refractivity contribution in [2.24, 2.45) is 4.99 Å². The number of imidazole rings is 1. The Bertz CT molecular complexity index is 352. The number of hydrogen-bond donors (Lipinski definition) is 3. The molecular formula is C11H17N5. The standard InChI is InChI=1S/C11H17N5/c1-2-10(14-3-1)8-12-4-5-13-9-11-15-6-7-16-11/h1,3,6-7,12-13H,2,4-5,8-9H2,(H,15,16). The molecule has 0 fully saturated rings. The molecular weight excluding hydrogens is 202 g/mol. The van der Waals surface area contributed by atoms with Gasteiger partial charge >= 0.3 is 0 Å². The summed E-state index contributed by atoms with van der Waals surface area (Å²) in [6.45, 7) is 3.55. The van der Waals surface area contributed by atoms with Gasteiger partial charge in [0.1, 0.15) is 5.82 Å². The molecule has 0 aliphatic carbocycles. The van der Waals surface area contributed by atoms with Gasteiger partial charge in [0.05, 0.1) is 6.54 Å². The van der Waals surface area contributed by atoms with E-state index >= 15 is 0 Å². The zero-order valence-electron chi connectivity index (χ0n) is 9.24. The van der Waals surface area contributed by atoms with Gasteiger partial charge in [-0.1, -0.05) is 6.08 Å². The van der Waals surface area contributed by atoms with E-state index in [0.717, 1.165) is 38.4 Å². The maximum absolute atomic E-state index is 4.23. The van der Waals surface area contributed by atoms with Crippen molar-refractivity contribution in [1.29, 1.82) is 0 Å². The van der Waals surface area contributed by atoms with Crippen LogP contribution in [0.5, 0.6) is 0 Å². The van der Waals surface area contributed by atoms with Crippen LogP contribution >= 0.6 is 0 Å². The van der Waals surface area contributed by atoms with Gasteiger partial charge in [-0.3, -0.25) is 4.99 Å². The molecule has 0 radical (unpaired) electrons. The molecule has 2 heterocycles. The number of nitrogens with zero attached hydrogens (tertiary/aromatic N) is 2. The van der Waals surface area contributed by atoms with Gasteiger partial charge in [0.25, 0.3) is 0 Å². The number of aromatic amines is 1. The predicted molar refractivity (Wildman–Crippen MR) is 64.4 cm³/mol. The predicted octanol–water partition coefficient (Wildman–Crippen LogP) is 0.447. The molecule has 0 bridgehead atoms. The Kier molecular flexibility index (Phi) is 4.27. The average molecular weight is 219 g/mol. The summed E-state index contributed by atoms with van der Waals surface area (Å²) in [7, 11) is 0. The number of rotatable bonds is 7. The first-order chi connectivity index (χ1) is 7.95. The Labute approximate surface area is 95.1 Å². The summed E-state index contributed by atoms with van der Waals surface area (Å²) >= 11 is 0. The van der Waals surface area contributed by atoms with Crippen molar-refractivity contribution in [3.05, 3.63) is 30.5 Å². The van der Waals surface area contributed by atoms with Crippen LogP contribution in [0.4, 0.5) is 0 Å². The minimum Gasteiger partial charge on any atom is -0.348 e. The van der Waals surface area contributed by atoms with E-state index in [9.17, 15) is 0 Å². The second-order valence-corrected chi connectivity index (χ2v) is 3.67. The third kappa shape index (κ3) is 3.60. The summed E-state index contributed by atoms with van der Waals surface area (Å²) in [6, 6.07) is 0. The molecule has 0 spiro atoms. The molecule has 1 aliphatic heterocycles. The molecule has 0 atom stereocenters. The first-order valence-electron chi connectivity index (χ1n) is 5.55. The quantitative estimate of drug-likeness (QED) is 0.583. The highest BCUT2D eigenvalue weighted by molar-refractivity contribution is 5.89. The van der Waals surface area contributed by atoms with Crippen LogP contribution in [0.15, 0.2) is 29.7 Å². The van der Waals surface area contributed by atoms with Crippen LogP contribution in [0.2, 0.25) is 0 Å². The van der Waals surface area contributed by atoms with Crippen molar-refractivity contribution in [3.8, 4) is 0 Å². The lowest BCUT2D eigenvalue weighted by molar-refractivity contribution is 0.626. The summed E-state index contributed by atoms with van der Waals surface area (Å²) in [5.41, 5.74) is 1.21. The number of nitrogens with one attached hydrogen (secondary N) is 3. The summed E-state index contributed by atoms with van der Waals surface area (Å²) in [6.07, 6.45) is 8.53. The van der Waals surface area contributed by atoms with Crippen LogP contribution in [0.25, 0.3) is 0 Å². The van der Waals surface area contributed by atoms with Crippen LogP contribution in [-0.4, -0.2) is 35.3 Å². The highest BCUT2D eigenvalue weighted by Gasteiger charge is 1.99. The van der Waals surface area contributed by atoms with E-state index < -0.39 is 0 Å². The summed E-state index contributed by atoms with van der Waals surface area (Å²) in [4.78, 5) is 11.4. The van der Waals surface area contributed by atoms with Gasteiger partial charge in [0, 0.05) is 50.4 Å². The van der Waals surface area contributed by atoms with Crippen LogP contribution in [0.3, 0.4) is 0 Å². The van der Waals surface area contributed by atoms with Crippen molar-refractivity contribution in [1.82, 2.24) is 20.6 Å². The summed E-state index contributed by atoms with van der Waals surface area (Å²) < 4.78 is 0. The lowest BCUT2D eigenvalue weighted by atomic mass is 10.3. The molecule has 0 amide bonds. The highest BCUT2D eigenvalue weighted by atomic mass is 15.0. The first kappa shape index (κ1) is 11.0. The van der Waals surface area contributed by atoms with Crippen molar-refractivity contribution < 1.29 is 0 Å². The fourth-order valence-electron chi connectivity index (χ4n) is 1.53. The molecule has 0 saturated heterocycles. The minimum atomic E-state index is 0.789. The van der Waals surface area contributed by atoms with Crippen molar-refractivity contribution in [3.63, 3.8) is 0 Å². The number of H-pyrrole nitrogens is 1. The fourth-order valence-corrected chi connectivity index (χ4v) is 1.53. The zero-order valence-corrected chi connectivity index (χ0v) is 9.24. The molecule has 3 N–H and O–H groups in total. The molecule has 0 unspecified atom stereocenters. The number of aromatic nitrogens is 2. The Hall–Kier alpha value is -1.46. The SMILES string of the molecule is C1=CN=C(CNCCNCc2ncc[nH]2)C1. The average Bonchev–Trinajstić information content (AvgIpc) is 2.96. The molecule has 0 saturated carbocycles. The van der Waals surface area contributed by atoms with Gasteiger partial charge in [0.15, 0.2) is 0 Å². The van der Waals surface area contributed by atoms with Crippen molar-refractivity contribution >= 4 is 5.71 Å². The van der Waals surface area contributed by atoms with Gasteiger partial charge < -0.3 is 15.6 Å². The highest BCUT2D eigenvalue weighted by Crippen LogP contribution is 1.97. The second kappa shape index (κ2) is 6.19. The Balaban J connectivity index is 1.46. The molecule has 1 aliphatic rings. The topological polar surface area (TPSA) is 65.1 Å². The largest absolute Gasteiger partial charge is 0.348 e. The Morgan fingerprint density at radius 3 is 2.81 bits per heavy atom. The molecule has 1 aromatic rings. The van der Waals surface area contributed by atoms with E-state index in [1.54, 1.807) is 6.20 Å². The minimum absolute atomic E-state index is 0.789. The second-order valence-electron chi connectivity index (χ2n) is 3.67. The van der Waals surface area contributed by atoms with E-state index in [0.29, 0.717) is 0 Å². The summed E-state index contributed by atoms with van der Waals surface area (Å²) in [5, 5.41) is 6.64. The fraction of sp³-hybridized carbons (Fsp3) is 0.455. The van der Waals surface area contributed by atoms with Gasteiger partial charge in [-0.2, -0.15) is 0 Å². The van der Waals surface area contributed by atoms with Gasteiger partial charge in [-0.25, -0.2) is 4.98 Å². The molecule has 5 heteroatoms. The Morgan fingerprint density at radius 1 is 1.25 bits per heavy atom. The third-order valence-corrected chi connectivity index (χ3v) is 2.37. The van der Waals surface area contributed by atoms with E-state index in [4.69, 9.17) is 0 Å². The lowest BCUT2D eigenvalue weighted by Crippen LogP contribution is -2.30. The Morgan fingerprint density at radius 2 is 2.12 bits per heavy atom. The molecule has 2 rings (SSSR count). The maximum atomic E-state index is 4.23.